The van der Waals surface area contributed by atoms with Gasteiger partial charge in [0.25, 0.3) is 0 Å². The number of morpholine rings is 1. The van der Waals surface area contributed by atoms with Crippen molar-refractivity contribution in [3.8, 4) is 0 Å². The largest absolute Gasteiger partial charge is 0.370 e. The highest BCUT2D eigenvalue weighted by Crippen LogP contribution is 2.34. The maximum Gasteiger partial charge on any atom is 0.226 e. The highest BCUT2D eigenvalue weighted by Gasteiger charge is 2.27. The van der Waals surface area contributed by atoms with E-state index in [4.69, 9.17) is 9.72 Å². The van der Waals surface area contributed by atoms with E-state index >= 15 is 0 Å². The fraction of sp³-hybridized carbons (Fsp3) is 0.364. The summed E-state index contributed by atoms with van der Waals surface area (Å²) in [5.41, 5.74) is 2.56. The number of aromatic nitrogens is 4. The van der Waals surface area contributed by atoms with Crippen LogP contribution in [0.25, 0.3) is 21.1 Å². The average molecular weight is 437 g/mol. The Bertz CT molecular complexity index is 1260. The van der Waals surface area contributed by atoms with Crippen molar-refractivity contribution in [3.63, 3.8) is 0 Å². The summed E-state index contributed by atoms with van der Waals surface area (Å²) in [4.78, 5) is 24.2. The molecule has 1 amide bonds. The van der Waals surface area contributed by atoms with Crippen LogP contribution in [-0.2, 0) is 15.1 Å². The second-order valence-corrected chi connectivity index (χ2v) is 9.40. The number of ether oxygens (including phenoxy) is 1. The summed E-state index contributed by atoms with van der Waals surface area (Å²) >= 11 is 1.61. The Labute approximate surface area is 183 Å². The number of nitrogens with one attached hydrogen (secondary N) is 2. The molecule has 9 heteroatoms. The van der Waals surface area contributed by atoms with Gasteiger partial charge in [-0.15, -0.1) is 11.3 Å². The van der Waals surface area contributed by atoms with Crippen LogP contribution >= 0.6 is 11.3 Å². The van der Waals surface area contributed by atoms with Crippen LogP contribution in [0, 0.1) is 0 Å². The number of carbonyl (C=O) groups excluding carboxylic acids is 1. The molecule has 1 saturated heterocycles. The van der Waals surface area contributed by atoms with E-state index in [0.717, 1.165) is 38.1 Å². The van der Waals surface area contributed by atoms with Gasteiger partial charge in [-0.3, -0.25) is 9.89 Å². The van der Waals surface area contributed by atoms with Crippen LogP contribution in [0.4, 0.5) is 5.95 Å². The molecule has 1 atom stereocenters. The van der Waals surface area contributed by atoms with Crippen molar-refractivity contribution in [2.75, 3.05) is 24.6 Å². The van der Waals surface area contributed by atoms with Crippen LogP contribution in [0.3, 0.4) is 0 Å². The lowest BCUT2D eigenvalue weighted by molar-refractivity contribution is -0.120. The van der Waals surface area contributed by atoms with E-state index in [9.17, 15) is 4.79 Å². The van der Waals surface area contributed by atoms with Gasteiger partial charge in [-0.1, -0.05) is 12.1 Å². The lowest BCUT2D eigenvalue weighted by Crippen LogP contribution is -2.39. The Hall–Kier alpha value is -3.04. The van der Waals surface area contributed by atoms with E-state index in [1.165, 1.54) is 6.92 Å². The van der Waals surface area contributed by atoms with Gasteiger partial charge in [0.05, 0.1) is 46.8 Å². The predicted octanol–water partition coefficient (Wildman–Crippen LogP) is 3.52. The third kappa shape index (κ3) is 3.75. The van der Waals surface area contributed by atoms with Crippen LogP contribution in [0.2, 0.25) is 0 Å². The molecule has 0 radical (unpaired) electrons. The molecule has 160 valence electrons. The van der Waals surface area contributed by atoms with Gasteiger partial charge in [0, 0.05) is 23.7 Å². The van der Waals surface area contributed by atoms with Crippen molar-refractivity contribution in [3.05, 3.63) is 47.1 Å². The Morgan fingerprint density at radius 3 is 3.06 bits per heavy atom. The van der Waals surface area contributed by atoms with Gasteiger partial charge in [-0.05, 0) is 31.5 Å². The van der Waals surface area contributed by atoms with Crippen molar-refractivity contribution < 1.29 is 9.53 Å². The summed E-state index contributed by atoms with van der Waals surface area (Å²) < 4.78 is 7.09. The van der Waals surface area contributed by atoms with Crippen molar-refractivity contribution >= 4 is 44.3 Å². The van der Waals surface area contributed by atoms with Crippen molar-refractivity contribution in [1.82, 2.24) is 25.5 Å². The Balaban J connectivity index is 1.42. The van der Waals surface area contributed by atoms with Gasteiger partial charge in [-0.2, -0.15) is 5.10 Å². The first-order chi connectivity index (χ1) is 14.9. The Morgan fingerprint density at radius 2 is 2.23 bits per heavy atom. The standard InChI is InChI=1S/C22H24N6O2S/c1-13(29)26-22(2,3)20-9-17-19(31-20)11-23-21(25-17)28-7-8-30-18(12-28)14-5-4-6-16-15(14)10-24-27-16/h4-6,9-11,18H,7-8,12H2,1-3H3,(H,24,27)(H,26,29). The zero-order valence-corrected chi connectivity index (χ0v) is 18.5. The molecule has 0 saturated carbocycles. The zero-order chi connectivity index (χ0) is 21.6. The minimum Gasteiger partial charge on any atom is -0.370 e. The van der Waals surface area contributed by atoms with Crippen molar-refractivity contribution in [1.29, 1.82) is 0 Å². The summed E-state index contributed by atoms with van der Waals surface area (Å²) in [7, 11) is 0. The van der Waals surface area contributed by atoms with Gasteiger partial charge in [0.2, 0.25) is 11.9 Å². The number of amides is 1. The van der Waals surface area contributed by atoms with Crippen LogP contribution in [-0.4, -0.2) is 45.8 Å². The molecule has 1 aliphatic rings. The molecule has 0 spiro atoms. The molecule has 0 bridgehead atoms. The number of aromatic amines is 1. The van der Waals surface area contributed by atoms with Gasteiger partial charge in [0.15, 0.2) is 0 Å². The monoisotopic (exact) mass is 436 g/mol. The van der Waals surface area contributed by atoms with E-state index in [1.807, 2.05) is 44.4 Å². The molecule has 4 aromatic rings. The predicted molar refractivity (Wildman–Crippen MR) is 121 cm³/mol. The second-order valence-electron chi connectivity index (χ2n) is 8.32. The minimum atomic E-state index is -0.454. The van der Waals surface area contributed by atoms with Crippen molar-refractivity contribution in [2.45, 2.75) is 32.4 Å². The molecular formula is C22H24N6O2S. The Morgan fingerprint density at radius 1 is 1.35 bits per heavy atom. The van der Waals surface area contributed by atoms with E-state index in [0.29, 0.717) is 19.1 Å². The molecule has 1 aliphatic heterocycles. The number of carbonyl (C=O) groups is 1. The second kappa shape index (κ2) is 7.58. The van der Waals surface area contributed by atoms with Gasteiger partial charge in [0.1, 0.15) is 6.10 Å². The van der Waals surface area contributed by atoms with Crippen molar-refractivity contribution in [2.24, 2.45) is 0 Å². The lowest BCUT2D eigenvalue weighted by atomic mass is 10.0. The number of fused-ring (bicyclic) bond motifs is 2. The third-order valence-corrected chi connectivity index (χ3v) is 6.96. The summed E-state index contributed by atoms with van der Waals surface area (Å²) in [6, 6.07) is 8.17. The number of rotatable bonds is 4. The summed E-state index contributed by atoms with van der Waals surface area (Å²) in [5, 5.41) is 11.3. The number of nitrogens with zero attached hydrogens (tertiary/aromatic N) is 4. The molecular weight excluding hydrogens is 412 g/mol. The summed E-state index contributed by atoms with van der Waals surface area (Å²) in [5.74, 6) is 0.642. The quantitative estimate of drug-likeness (QED) is 0.508. The fourth-order valence-corrected chi connectivity index (χ4v) is 5.11. The molecule has 3 aromatic heterocycles. The highest BCUT2D eigenvalue weighted by molar-refractivity contribution is 7.19. The summed E-state index contributed by atoms with van der Waals surface area (Å²) in [6.45, 7) is 7.53. The van der Waals surface area contributed by atoms with E-state index < -0.39 is 5.54 Å². The zero-order valence-electron chi connectivity index (χ0n) is 17.7. The number of thiophene rings is 1. The van der Waals surface area contributed by atoms with Crippen LogP contribution in [0.1, 0.15) is 37.3 Å². The van der Waals surface area contributed by atoms with Gasteiger partial charge in [-0.25, -0.2) is 9.97 Å². The topological polar surface area (TPSA) is 96.0 Å². The first-order valence-corrected chi connectivity index (χ1v) is 11.1. The molecule has 2 N–H and O–H groups in total. The maximum atomic E-state index is 11.6. The molecule has 31 heavy (non-hydrogen) atoms. The lowest BCUT2D eigenvalue weighted by Gasteiger charge is -2.33. The van der Waals surface area contributed by atoms with E-state index in [-0.39, 0.29) is 12.0 Å². The normalized spacial score (nSPS) is 17.4. The maximum absolute atomic E-state index is 11.6. The average Bonchev–Trinajstić information content (AvgIpc) is 3.39. The molecule has 1 aromatic carbocycles. The first kappa shape index (κ1) is 19.9. The van der Waals surface area contributed by atoms with Crippen LogP contribution < -0.4 is 10.2 Å². The van der Waals surface area contributed by atoms with Crippen LogP contribution in [0.15, 0.2) is 36.7 Å². The molecule has 0 aliphatic carbocycles. The molecule has 5 rings (SSSR count). The highest BCUT2D eigenvalue weighted by atomic mass is 32.1. The first-order valence-electron chi connectivity index (χ1n) is 10.2. The van der Waals surface area contributed by atoms with Gasteiger partial charge >= 0.3 is 0 Å². The SMILES string of the molecule is CC(=O)NC(C)(C)c1cc2nc(N3CCOC(c4cccc5[nH]ncc45)C3)ncc2s1. The molecule has 1 fully saturated rings. The van der Waals surface area contributed by atoms with E-state index in [1.54, 1.807) is 11.3 Å². The Kier molecular flexibility index (Phi) is 4.86. The number of anilines is 1. The number of benzene rings is 1. The molecule has 1 unspecified atom stereocenters. The number of hydrogen-bond acceptors (Lipinski definition) is 7. The number of H-pyrrole nitrogens is 1. The molecule has 8 nitrogen and oxygen atoms in total. The van der Waals surface area contributed by atoms with E-state index in [2.05, 4.69) is 31.5 Å². The third-order valence-electron chi connectivity index (χ3n) is 5.58. The molecule has 4 heterocycles. The smallest absolute Gasteiger partial charge is 0.226 e. The van der Waals surface area contributed by atoms with Gasteiger partial charge < -0.3 is 15.0 Å². The number of hydrogen-bond donors (Lipinski definition) is 2. The minimum absolute atomic E-state index is 0.0544. The van der Waals surface area contributed by atoms with Crippen LogP contribution in [0.5, 0.6) is 0 Å². The summed E-state index contributed by atoms with van der Waals surface area (Å²) in [6.07, 6.45) is 3.64. The fourth-order valence-electron chi connectivity index (χ4n) is 4.08.